The molecule has 23 heavy (non-hydrogen) atoms. The average molecular weight is 311 g/mol. The molecule has 1 fully saturated rings. The second-order valence-corrected chi connectivity index (χ2v) is 6.23. The van der Waals surface area contributed by atoms with Crippen molar-refractivity contribution in [3.05, 3.63) is 46.9 Å². The lowest BCUT2D eigenvalue weighted by Crippen LogP contribution is -2.17. The van der Waals surface area contributed by atoms with E-state index in [9.17, 15) is 0 Å². The van der Waals surface area contributed by atoms with Crippen LogP contribution in [0.1, 0.15) is 29.1 Å². The highest BCUT2D eigenvalue weighted by atomic mass is 16.5. The van der Waals surface area contributed by atoms with Crippen LogP contribution in [0.5, 0.6) is 5.75 Å². The van der Waals surface area contributed by atoms with Crippen LogP contribution in [-0.4, -0.2) is 29.7 Å². The van der Waals surface area contributed by atoms with E-state index in [1.54, 1.807) is 0 Å². The molecule has 0 spiro atoms. The lowest BCUT2D eigenvalue weighted by molar-refractivity contribution is 0.187. The van der Waals surface area contributed by atoms with Gasteiger partial charge in [0.2, 0.25) is 0 Å². The number of aromatic nitrogens is 2. The minimum absolute atomic E-state index is 0.497. The van der Waals surface area contributed by atoms with Crippen molar-refractivity contribution in [1.29, 1.82) is 0 Å². The maximum atomic E-state index is 5.92. The molecule has 5 nitrogen and oxygen atoms in total. The van der Waals surface area contributed by atoms with E-state index in [2.05, 4.69) is 21.4 Å². The van der Waals surface area contributed by atoms with Gasteiger partial charge in [-0.3, -0.25) is 0 Å². The van der Waals surface area contributed by atoms with Crippen LogP contribution in [0.2, 0.25) is 0 Å². The van der Waals surface area contributed by atoms with Gasteiger partial charge in [-0.2, -0.15) is 0 Å². The predicted octanol–water partition coefficient (Wildman–Crippen LogP) is 2.72. The Labute approximate surface area is 136 Å². The molecule has 120 valence electrons. The maximum absolute atomic E-state index is 5.92. The van der Waals surface area contributed by atoms with Crippen LogP contribution in [0.15, 0.2) is 24.3 Å². The van der Waals surface area contributed by atoms with Crippen LogP contribution in [-0.2, 0) is 17.8 Å². The molecule has 0 saturated carbocycles. The van der Waals surface area contributed by atoms with Crippen molar-refractivity contribution in [2.45, 2.75) is 26.4 Å². The number of rotatable bonds is 3. The number of nitrogens with one attached hydrogen (secondary N) is 1. The summed E-state index contributed by atoms with van der Waals surface area (Å²) >= 11 is 0. The Morgan fingerprint density at radius 3 is 3.04 bits per heavy atom. The van der Waals surface area contributed by atoms with E-state index in [1.807, 2.05) is 25.1 Å². The van der Waals surface area contributed by atoms with Gasteiger partial charge in [0.1, 0.15) is 24.0 Å². The summed E-state index contributed by atoms with van der Waals surface area (Å²) < 4.78 is 11.4. The summed E-state index contributed by atoms with van der Waals surface area (Å²) in [5.41, 5.74) is 3.32. The minimum atomic E-state index is 0.497. The summed E-state index contributed by atoms with van der Waals surface area (Å²) in [6, 6.07) is 8.18. The molecular weight excluding hydrogens is 290 g/mol. The number of benzene rings is 1. The number of ether oxygens (including phenoxy) is 2. The second-order valence-electron chi connectivity index (χ2n) is 6.23. The molecule has 0 radical (unpaired) electrons. The highest BCUT2D eigenvalue weighted by Gasteiger charge is 2.21. The zero-order chi connectivity index (χ0) is 15.6. The Morgan fingerprint density at radius 1 is 1.26 bits per heavy atom. The Morgan fingerprint density at radius 2 is 2.17 bits per heavy atom. The van der Waals surface area contributed by atoms with Gasteiger partial charge in [-0.05, 0) is 25.0 Å². The maximum Gasteiger partial charge on any atom is 0.133 e. The summed E-state index contributed by atoms with van der Waals surface area (Å²) in [6.07, 6.45) is 1.92. The van der Waals surface area contributed by atoms with Gasteiger partial charge in [0.05, 0.1) is 12.3 Å². The smallest absolute Gasteiger partial charge is 0.133 e. The minimum Gasteiger partial charge on any atom is -0.487 e. The van der Waals surface area contributed by atoms with Crippen molar-refractivity contribution in [2.75, 3.05) is 25.1 Å². The number of fused-ring (bicyclic) bond motifs is 2. The number of nitrogens with zero attached hydrogens (tertiary/aromatic N) is 2. The number of para-hydroxylation sites is 1. The fourth-order valence-corrected chi connectivity index (χ4v) is 3.22. The third-order valence-electron chi connectivity index (χ3n) is 4.49. The number of anilines is 1. The predicted molar refractivity (Wildman–Crippen MR) is 87.8 cm³/mol. The Kier molecular flexibility index (Phi) is 3.87. The molecule has 2 aromatic rings. The van der Waals surface area contributed by atoms with Gasteiger partial charge in [-0.1, -0.05) is 18.2 Å². The van der Waals surface area contributed by atoms with Crippen molar-refractivity contribution in [2.24, 2.45) is 5.92 Å². The Hall–Kier alpha value is -2.14. The first-order valence-electron chi connectivity index (χ1n) is 8.18. The van der Waals surface area contributed by atoms with Crippen molar-refractivity contribution >= 4 is 5.82 Å². The molecule has 5 heteroatoms. The van der Waals surface area contributed by atoms with Crippen molar-refractivity contribution in [1.82, 2.24) is 9.97 Å². The monoisotopic (exact) mass is 311 g/mol. The van der Waals surface area contributed by atoms with E-state index >= 15 is 0 Å². The van der Waals surface area contributed by atoms with E-state index in [-0.39, 0.29) is 0 Å². The first-order chi connectivity index (χ1) is 11.3. The molecule has 0 amide bonds. The van der Waals surface area contributed by atoms with E-state index in [1.165, 1.54) is 5.56 Å². The highest BCUT2D eigenvalue weighted by molar-refractivity contribution is 5.52. The van der Waals surface area contributed by atoms with Crippen LogP contribution < -0.4 is 10.1 Å². The van der Waals surface area contributed by atoms with Crippen LogP contribution in [0, 0.1) is 12.8 Å². The van der Waals surface area contributed by atoms with E-state index in [0.717, 1.165) is 61.2 Å². The molecule has 1 atom stereocenters. The van der Waals surface area contributed by atoms with E-state index < -0.39 is 0 Å². The SMILES string of the molecule is Cc1nc2c(c(NCC3CCOC3)n1)Cc1ccccc1OC2. The van der Waals surface area contributed by atoms with Gasteiger partial charge >= 0.3 is 0 Å². The molecule has 1 saturated heterocycles. The van der Waals surface area contributed by atoms with Gasteiger partial charge < -0.3 is 14.8 Å². The van der Waals surface area contributed by atoms with Crippen LogP contribution in [0.3, 0.4) is 0 Å². The number of aryl methyl sites for hydroxylation is 1. The largest absolute Gasteiger partial charge is 0.487 e. The van der Waals surface area contributed by atoms with Gasteiger partial charge in [0.25, 0.3) is 0 Å². The molecular formula is C18H21N3O2. The molecule has 2 aliphatic heterocycles. The molecule has 0 aliphatic carbocycles. The van der Waals surface area contributed by atoms with Gasteiger partial charge in [-0.15, -0.1) is 0 Å². The molecule has 3 heterocycles. The lowest BCUT2D eigenvalue weighted by Gasteiger charge is -2.15. The summed E-state index contributed by atoms with van der Waals surface area (Å²) in [5, 5.41) is 3.53. The lowest BCUT2D eigenvalue weighted by atomic mass is 10.0. The summed E-state index contributed by atoms with van der Waals surface area (Å²) in [5.74, 6) is 3.23. The zero-order valence-corrected chi connectivity index (χ0v) is 13.3. The van der Waals surface area contributed by atoms with Crippen molar-refractivity contribution in [3.63, 3.8) is 0 Å². The molecule has 0 bridgehead atoms. The molecule has 1 unspecified atom stereocenters. The summed E-state index contributed by atoms with van der Waals surface area (Å²) in [7, 11) is 0. The van der Waals surface area contributed by atoms with Gasteiger partial charge in [0.15, 0.2) is 0 Å². The quantitative estimate of drug-likeness (QED) is 0.944. The van der Waals surface area contributed by atoms with Crippen LogP contribution >= 0.6 is 0 Å². The number of hydrogen-bond donors (Lipinski definition) is 1. The second kappa shape index (κ2) is 6.16. The number of hydrogen-bond acceptors (Lipinski definition) is 5. The fraction of sp³-hybridized carbons (Fsp3) is 0.444. The Bertz CT molecular complexity index is 711. The average Bonchev–Trinajstić information content (AvgIpc) is 3.00. The first kappa shape index (κ1) is 14.5. The first-order valence-corrected chi connectivity index (χ1v) is 8.18. The molecule has 4 rings (SSSR count). The fourth-order valence-electron chi connectivity index (χ4n) is 3.22. The third kappa shape index (κ3) is 3.01. The summed E-state index contributed by atoms with van der Waals surface area (Å²) in [4.78, 5) is 9.24. The van der Waals surface area contributed by atoms with Gasteiger partial charge in [0, 0.05) is 31.1 Å². The molecule has 2 aliphatic rings. The zero-order valence-electron chi connectivity index (χ0n) is 13.3. The summed E-state index contributed by atoms with van der Waals surface area (Å²) in [6.45, 7) is 5.03. The van der Waals surface area contributed by atoms with E-state index in [0.29, 0.717) is 12.5 Å². The molecule has 1 N–H and O–H groups in total. The standard InChI is InChI=1S/C18H21N3O2/c1-12-20-16-11-23-17-5-3-2-4-14(17)8-15(16)18(21-12)19-9-13-6-7-22-10-13/h2-5,13H,6-11H2,1H3,(H,19,20,21). The topological polar surface area (TPSA) is 56.3 Å². The van der Waals surface area contributed by atoms with Crippen LogP contribution in [0.25, 0.3) is 0 Å². The van der Waals surface area contributed by atoms with Crippen LogP contribution in [0.4, 0.5) is 5.82 Å². The highest BCUT2D eigenvalue weighted by Crippen LogP contribution is 2.30. The van der Waals surface area contributed by atoms with Crippen molar-refractivity contribution in [3.8, 4) is 5.75 Å². The Balaban J connectivity index is 1.64. The van der Waals surface area contributed by atoms with Crippen molar-refractivity contribution < 1.29 is 9.47 Å². The molecule has 1 aromatic carbocycles. The van der Waals surface area contributed by atoms with Gasteiger partial charge in [-0.25, -0.2) is 9.97 Å². The third-order valence-corrected chi connectivity index (χ3v) is 4.49. The normalized spacial score (nSPS) is 19.4. The van der Waals surface area contributed by atoms with E-state index in [4.69, 9.17) is 9.47 Å². The molecule has 1 aromatic heterocycles.